The zero-order valence-electron chi connectivity index (χ0n) is 17.1. The molecule has 0 aromatic carbocycles. The van der Waals surface area contributed by atoms with Crippen LogP contribution in [-0.2, 0) is 14.3 Å². The van der Waals surface area contributed by atoms with Crippen molar-refractivity contribution in [2.45, 2.75) is 102 Å². The highest BCUT2D eigenvalue weighted by Crippen LogP contribution is 2.40. The monoisotopic (exact) mass is 384 g/mol. The molecular formula is C19H32N2O6. The van der Waals surface area contributed by atoms with Gasteiger partial charge in [-0.1, -0.05) is 0 Å². The molecule has 2 amide bonds. The topological polar surface area (TPSA) is 105 Å². The van der Waals surface area contributed by atoms with E-state index in [9.17, 15) is 19.5 Å². The molecule has 2 N–H and O–H groups in total. The normalized spacial score (nSPS) is 28.3. The lowest BCUT2D eigenvalue weighted by Gasteiger charge is -2.51. The van der Waals surface area contributed by atoms with Crippen LogP contribution in [0.3, 0.4) is 0 Å². The number of nitrogens with zero attached hydrogens (tertiary/aromatic N) is 1. The Morgan fingerprint density at radius 3 is 1.85 bits per heavy atom. The summed E-state index contributed by atoms with van der Waals surface area (Å²) in [5.41, 5.74) is -2.80. The molecule has 2 atom stereocenters. The molecule has 8 heteroatoms. The molecule has 0 spiro atoms. The van der Waals surface area contributed by atoms with E-state index in [0.717, 1.165) is 6.42 Å². The molecule has 0 aromatic rings. The summed E-state index contributed by atoms with van der Waals surface area (Å²) in [5, 5.41) is 12.5. The first-order valence-electron chi connectivity index (χ1n) is 9.48. The number of amides is 2. The van der Waals surface area contributed by atoms with E-state index in [0.29, 0.717) is 12.8 Å². The lowest BCUT2D eigenvalue weighted by atomic mass is 9.73. The molecule has 0 aliphatic carbocycles. The van der Waals surface area contributed by atoms with Crippen molar-refractivity contribution in [1.29, 1.82) is 0 Å². The Morgan fingerprint density at radius 2 is 1.44 bits per heavy atom. The van der Waals surface area contributed by atoms with E-state index in [1.54, 1.807) is 46.4 Å². The van der Waals surface area contributed by atoms with E-state index in [1.165, 1.54) is 0 Å². The van der Waals surface area contributed by atoms with E-state index in [-0.39, 0.29) is 24.9 Å². The fraction of sp³-hybridized carbons (Fsp3) is 0.842. The van der Waals surface area contributed by atoms with Crippen molar-refractivity contribution in [2.24, 2.45) is 0 Å². The Kier molecular flexibility index (Phi) is 5.69. The van der Waals surface area contributed by atoms with E-state index in [2.05, 4.69) is 5.32 Å². The van der Waals surface area contributed by atoms with Crippen LogP contribution in [-0.4, -0.2) is 57.0 Å². The fourth-order valence-electron chi connectivity index (χ4n) is 3.90. The van der Waals surface area contributed by atoms with Gasteiger partial charge in [0.05, 0.1) is 0 Å². The van der Waals surface area contributed by atoms with Gasteiger partial charge in [-0.2, -0.15) is 0 Å². The van der Waals surface area contributed by atoms with Crippen LogP contribution in [0.15, 0.2) is 0 Å². The molecule has 154 valence electrons. The van der Waals surface area contributed by atoms with Crippen LogP contribution in [0.2, 0.25) is 0 Å². The Labute approximate surface area is 160 Å². The van der Waals surface area contributed by atoms with Crippen molar-refractivity contribution >= 4 is 18.2 Å². The van der Waals surface area contributed by atoms with Crippen LogP contribution in [0.5, 0.6) is 0 Å². The standard InChI is InChI=1S/C19H32N2O6/c1-17(2,3)26-15(24)20-19(14(22)23)10-12-8-7-9-13(11-19)21(12)16(25)27-18(4,5)6/h12-13H,7-11H2,1-6H3,(H,20,24)(H,22,23). The summed E-state index contributed by atoms with van der Waals surface area (Å²) in [6.07, 6.45) is 1.37. The van der Waals surface area contributed by atoms with Crippen LogP contribution >= 0.6 is 0 Å². The Balaban J connectivity index is 2.21. The number of carbonyl (C=O) groups excluding carboxylic acids is 2. The second-order valence-electron chi connectivity index (χ2n) is 9.55. The lowest BCUT2D eigenvalue weighted by Crippen LogP contribution is -2.68. The summed E-state index contributed by atoms with van der Waals surface area (Å²) in [6, 6.07) is -0.586. The van der Waals surface area contributed by atoms with E-state index < -0.39 is 34.9 Å². The van der Waals surface area contributed by atoms with Gasteiger partial charge in [-0.15, -0.1) is 0 Å². The number of aliphatic carboxylic acids is 1. The quantitative estimate of drug-likeness (QED) is 0.757. The third-order valence-corrected chi connectivity index (χ3v) is 4.78. The molecule has 27 heavy (non-hydrogen) atoms. The van der Waals surface area contributed by atoms with Crippen LogP contribution in [0.1, 0.15) is 73.6 Å². The first-order chi connectivity index (χ1) is 12.2. The van der Waals surface area contributed by atoms with E-state index >= 15 is 0 Å². The molecule has 0 radical (unpaired) electrons. The molecule has 2 heterocycles. The molecule has 2 saturated heterocycles. The van der Waals surface area contributed by atoms with Gasteiger partial charge in [-0.05, 0) is 60.8 Å². The van der Waals surface area contributed by atoms with Gasteiger partial charge in [0.1, 0.15) is 16.7 Å². The summed E-state index contributed by atoms with van der Waals surface area (Å²) in [4.78, 5) is 38.7. The van der Waals surface area contributed by atoms with Gasteiger partial charge in [-0.3, -0.25) is 0 Å². The average Bonchev–Trinajstić information content (AvgIpc) is 2.41. The highest BCUT2D eigenvalue weighted by Gasteiger charge is 2.54. The highest BCUT2D eigenvalue weighted by molar-refractivity contribution is 5.85. The molecule has 2 unspecified atom stereocenters. The van der Waals surface area contributed by atoms with Crippen molar-refractivity contribution < 1.29 is 29.0 Å². The third kappa shape index (κ3) is 5.26. The predicted molar refractivity (Wildman–Crippen MR) is 98.5 cm³/mol. The van der Waals surface area contributed by atoms with Crippen molar-refractivity contribution in [2.75, 3.05) is 0 Å². The lowest BCUT2D eigenvalue weighted by molar-refractivity contribution is -0.150. The zero-order chi connectivity index (χ0) is 20.6. The third-order valence-electron chi connectivity index (χ3n) is 4.78. The van der Waals surface area contributed by atoms with Crippen molar-refractivity contribution in [3.63, 3.8) is 0 Å². The number of hydrogen-bond acceptors (Lipinski definition) is 5. The number of nitrogens with one attached hydrogen (secondary N) is 1. The molecule has 2 aliphatic rings. The number of alkyl carbamates (subject to hydrolysis) is 1. The number of carboxylic acid groups (broad SMARTS) is 1. The minimum Gasteiger partial charge on any atom is -0.480 e. The second-order valence-corrected chi connectivity index (χ2v) is 9.55. The van der Waals surface area contributed by atoms with E-state index in [1.807, 2.05) is 0 Å². The molecule has 8 nitrogen and oxygen atoms in total. The van der Waals surface area contributed by atoms with Crippen molar-refractivity contribution in [3.05, 3.63) is 0 Å². The van der Waals surface area contributed by atoms with Crippen LogP contribution in [0.25, 0.3) is 0 Å². The molecular weight excluding hydrogens is 352 g/mol. The molecule has 2 fully saturated rings. The number of carbonyl (C=O) groups is 3. The number of fused-ring (bicyclic) bond motifs is 2. The van der Waals surface area contributed by atoms with Crippen LogP contribution in [0, 0.1) is 0 Å². The minimum atomic E-state index is -1.45. The van der Waals surface area contributed by atoms with Gasteiger partial charge in [0, 0.05) is 24.9 Å². The van der Waals surface area contributed by atoms with Gasteiger partial charge in [-0.25, -0.2) is 14.4 Å². The smallest absolute Gasteiger partial charge is 0.410 e. The fourth-order valence-corrected chi connectivity index (χ4v) is 3.90. The van der Waals surface area contributed by atoms with Crippen molar-refractivity contribution in [3.8, 4) is 0 Å². The maximum atomic E-state index is 12.7. The first kappa shape index (κ1) is 21.3. The predicted octanol–water partition coefficient (Wildman–Crippen LogP) is 3.29. The molecule has 2 aliphatic heterocycles. The van der Waals surface area contributed by atoms with E-state index in [4.69, 9.17) is 9.47 Å². The number of piperidine rings is 2. The zero-order valence-corrected chi connectivity index (χ0v) is 17.1. The summed E-state index contributed by atoms with van der Waals surface area (Å²) in [7, 11) is 0. The van der Waals surface area contributed by atoms with Crippen molar-refractivity contribution in [1.82, 2.24) is 10.2 Å². The summed E-state index contributed by atoms with van der Waals surface area (Å²) in [6.45, 7) is 10.6. The largest absolute Gasteiger partial charge is 0.480 e. The Bertz CT molecular complexity index is 590. The summed E-state index contributed by atoms with van der Waals surface area (Å²) >= 11 is 0. The second kappa shape index (κ2) is 7.20. The van der Waals surface area contributed by atoms with Crippen LogP contribution in [0.4, 0.5) is 9.59 Å². The number of hydrogen-bond donors (Lipinski definition) is 2. The van der Waals surface area contributed by atoms with Gasteiger partial charge in [0.2, 0.25) is 0 Å². The minimum absolute atomic E-state index is 0.136. The number of carboxylic acids is 1. The Morgan fingerprint density at radius 1 is 0.963 bits per heavy atom. The Hall–Kier alpha value is -1.99. The van der Waals surface area contributed by atoms with Gasteiger partial charge in [0.15, 0.2) is 0 Å². The average molecular weight is 384 g/mol. The maximum Gasteiger partial charge on any atom is 0.410 e. The molecule has 0 saturated carbocycles. The summed E-state index contributed by atoms with van der Waals surface area (Å²) < 4.78 is 10.8. The molecule has 0 aromatic heterocycles. The first-order valence-corrected chi connectivity index (χ1v) is 9.48. The van der Waals surface area contributed by atoms with Crippen LogP contribution < -0.4 is 5.32 Å². The van der Waals surface area contributed by atoms with Gasteiger partial charge >= 0.3 is 18.2 Å². The maximum absolute atomic E-state index is 12.7. The van der Waals surface area contributed by atoms with Gasteiger partial charge < -0.3 is 24.8 Å². The van der Waals surface area contributed by atoms with Gasteiger partial charge in [0.25, 0.3) is 0 Å². The number of ether oxygens (including phenoxy) is 2. The molecule has 2 rings (SSSR count). The SMILES string of the molecule is CC(C)(C)OC(=O)NC1(C(=O)O)CC2CCCC(C1)N2C(=O)OC(C)(C)C. The summed E-state index contributed by atoms with van der Waals surface area (Å²) in [5.74, 6) is -1.10. The number of rotatable bonds is 2. The molecule has 2 bridgehead atoms. The highest BCUT2D eigenvalue weighted by atomic mass is 16.6.